The van der Waals surface area contributed by atoms with Crippen LogP contribution in [-0.2, 0) is 0 Å². The van der Waals surface area contributed by atoms with Crippen molar-refractivity contribution in [2.45, 2.75) is 0 Å². The lowest BCUT2D eigenvalue weighted by molar-refractivity contribution is 0.0977. The lowest BCUT2D eigenvalue weighted by Crippen LogP contribution is -2.44. The molecule has 0 bridgehead atoms. The molecule has 0 aromatic heterocycles. The molecule has 0 atom stereocenters. The highest BCUT2D eigenvalue weighted by Crippen LogP contribution is 2.29. The van der Waals surface area contributed by atoms with Crippen molar-refractivity contribution >= 4 is 46.2 Å². The first kappa shape index (κ1) is 19.5. The third-order valence-electron chi connectivity index (χ3n) is 4.38. The quantitative estimate of drug-likeness (QED) is 0.765. The molecule has 0 saturated carbocycles. The van der Waals surface area contributed by atoms with E-state index in [0.717, 1.165) is 31.9 Å². The number of rotatable bonds is 3. The number of nitrogens with one attached hydrogen (secondary N) is 2. The molecule has 2 aromatic rings. The van der Waals surface area contributed by atoms with Gasteiger partial charge in [0.1, 0.15) is 5.82 Å². The fourth-order valence-electron chi connectivity index (χ4n) is 2.83. The lowest BCUT2D eigenvalue weighted by Gasteiger charge is -2.34. The Labute approximate surface area is 168 Å². The van der Waals surface area contributed by atoms with Crippen LogP contribution in [0.5, 0.6) is 0 Å². The Morgan fingerprint density at radius 2 is 1.78 bits per heavy atom. The van der Waals surface area contributed by atoms with E-state index in [1.54, 1.807) is 6.07 Å². The molecule has 1 aliphatic rings. The number of anilines is 2. The van der Waals surface area contributed by atoms with Gasteiger partial charge < -0.3 is 15.1 Å². The van der Waals surface area contributed by atoms with E-state index in [2.05, 4.69) is 27.5 Å². The zero-order valence-corrected chi connectivity index (χ0v) is 16.4. The van der Waals surface area contributed by atoms with Crippen LogP contribution in [0, 0.1) is 5.82 Å². The van der Waals surface area contributed by atoms with Gasteiger partial charge in [0.25, 0.3) is 5.91 Å². The second-order valence-corrected chi connectivity index (χ2v) is 7.19. The minimum Gasteiger partial charge on any atom is -0.368 e. The molecule has 1 fully saturated rings. The van der Waals surface area contributed by atoms with Gasteiger partial charge in [-0.25, -0.2) is 4.39 Å². The third kappa shape index (κ3) is 5.15. The highest BCUT2D eigenvalue weighted by atomic mass is 35.5. The number of benzene rings is 2. The Balaban J connectivity index is 1.60. The van der Waals surface area contributed by atoms with Gasteiger partial charge in [0.15, 0.2) is 5.11 Å². The topological polar surface area (TPSA) is 47.6 Å². The number of nitrogens with zero attached hydrogens (tertiary/aromatic N) is 2. The van der Waals surface area contributed by atoms with Crippen molar-refractivity contribution in [1.29, 1.82) is 0 Å². The Morgan fingerprint density at radius 1 is 1.11 bits per heavy atom. The summed E-state index contributed by atoms with van der Waals surface area (Å²) < 4.78 is 12.9. The number of carbonyl (C=O) groups is 1. The van der Waals surface area contributed by atoms with E-state index in [4.69, 9.17) is 23.8 Å². The number of thiocarbonyl (C=S) groups is 1. The standard InChI is InChI=1S/C19H20ClFN4OS/c1-24-8-10-25(11-9-24)17-7-6-15(12-16(17)20)22-19(27)23-18(26)13-2-4-14(21)5-3-13/h2-7,12H,8-11H2,1H3,(H2,22,23,26,27). The van der Waals surface area contributed by atoms with Gasteiger partial charge in [-0.05, 0) is 61.7 Å². The van der Waals surface area contributed by atoms with Crippen LogP contribution in [0.25, 0.3) is 0 Å². The van der Waals surface area contributed by atoms with Crippen LogP contribution in [0.2, 0.25) is 5.02 Å². The summed E-state index contributed by atoms with van der Waals surface area (Å²) >= 11 is 11.6. The summed E-state index contributed by atoms with van der Waals surface area (Å²) in [5, 5.41) is 6.28. The maximum absolute atomic E-state index is 12.9. The minimum atomic E-state index is -0.410. The molecule has 27 heavy (non-hydrogen) atoms. The average Bonchev–Trinajstić information content (AvgIpc) is 2.63. The van der Waals surface area contributed by atoms with Gasteiger partial charge in [0.05, 0.1) is 10.7 Å². The maximum Gasteiger partial charge on any atom is 0.257 e. The molecule has 0 aliphatic carbocycles. The predicted octanol–water partition coefficient (Wildman–Crippen LogP) is 3.36. The summed E-state index contributed by atoms with van der Waals surface area (Å²) in [6.07, 6.45) is 0. The van der Waals surface area contributed by atoms with Crippen molar-refractivity contribution < 1.29 is 9.18 Å². The summed E-state index contributed by atoms with van der Waals surface area (Å²) in [6.45, 7) is 3.84. The molecule has 0 radical (unpaired) electrons. The second kappa shape index (κ2) is 8.65. The smallest absolute Gasteiger partial charge is 0.257 e. The van der Waals surface area contributed by atoms with Crippen LogP contribution in [0.3, 0.4) is 0 Å². The van der Waals surface area contributed by atoms with Gasteiger partial charge in [-0.15, -0.1) is 0 Å². The van der Waals surface area contributed by atoms with E-state index in [-0.39, 0.29) is 5.11 Å². The summed E-state index contributed by atoms with van der Waals surface area (Å²) in [7, 11) is 2.10. The summed E-state index contributed by atoms with van der Waals surface area (Å²) in [5.41, 5.74) is 1.99. The predicted molar refractivity (Wildman–Crippen MR) is 111 cm³/mol. The van der Waals surface area contributed by atoms with Gasteiger partial charge in [-0.3, -0.25) is 10.1 Å². The zero-order valence-electron chi connectivity index (χ0n) is 14.8. The Kier molecular flexibility index (Phi) is 6.26. The number of amides is 1. The molecule has 2 aromatic carbocycles. The molecule has 3 rings (SSSR count). The van der Waals surface area contributed by atoms with Gasteiger partial charge in [0, 0.05) is 37.4 Å². The molecule has 8 heteroatoms. The van der Waals surface area contributed by atoms with Crippen molar-refractivity contribution in [3.63, 3.8) is 0 Å². The number of piperazine rings is 1. The van der Waals surface area contributed by atoms with Crippen molar-refractivity contribution in [3.05, 3.63) is 58.9 Å². The summed E-state index contributed by atoms with van der Waals surface area (Å²) in [6, 6.07) is 10.8. The fourth-order valence-corrected chi connectivity index (χ4v) is 3.34. The normalized spacial score (nSPS) is 14.7. The van der Waals surface area contributed by atoms with Gasteiger partial charge in [0.2, 0.25) is 0 Å². The molecule has 5 nitrogen and oxygen atoms in total. The molecular weight excluding hydrogens is 387 g/mol. The summed E-state index contributed by atoms with van der Waals surface area (Å²) in [5.74, 6) is -0.810. The fraction of sp³-hybridized carbons (Fsp3) is 0.263. The Morgan fingerprint density at radius 3 is 2.41 bits per heavy atom. The third-order valence-corrected chi connectivity index (χ3v) is 4.89. The molecule has 0 spiro atoms. The second-order valence-electron chi connectivity index (χ2n) is 6.37. The maximum atomic E-state index is 12.9. The van der Waals surface area contributed by atoms with E-state index < -0.39 is 11.7 Å². The number of hydrogen-bond donors (Lipinski definition) is 2. The van der Waals surface area contributed by atoms with E-state index in [1.165, 1.54) is 24.3 Å². The first-order chi connectivity index (χ1) is 12.9. The SMILES string of the molecule is CN1CCN(c2ccc(NC(=S)NC(=O)c3ccc(F)cc3)cc2Cl)CC1. The Bertz CT molecular complexity index is 838. The van der Waals surface area contributed by atoms with Gasteiger partial charge >= 0.3 is 0 Å². The molecule has 1 heterocycles. The van der Waals surface area contributed by atoms with E-state index in [0.29, 0.717) is 16.3 Å². The van der Waals surface area contributed by atoms with Crippen LogP contribution < -0.4 is 15.5 Å². The number of halogens is 2. The van der Waals surface area contributed by atoms with E-state index in [1.807, 2.05) is 12.1 Å². The van der Waals surface area contributed by atoms with E-state index >= 15 is 0 Å². The number of hydrogen-bond acceptors (Lipinski definition) is 4. The van der Waals surface area contributed by atoms with Crippen molar-refractivity contribution in [2.24, 2.45) is 0 Å². The van der Waals surface area contributed by atoms with E-state index in [9.17, 15) is 9.18 Å². The first-order valence-electron chi connectivity index (χ1n) is 8.53. The highest BCUT2D eigenvalue weighted by Gasteiger charge is 2.17. The molecule has 142 valence electrons. The molecule has 1 saturated heterocycles. The van der Waals surface area contributed by atoms with Crippen molar-refractivity contribution in [3.8, 4) is 0 Å². The van der Waals surface area contributed by atoms with Gasteiger partial charge in [-0.2, -0.15) is 0 Å². The molecular formula is C19H20ClFN4OS. The van der Waals surface area contributed by atoms with Gasteiger partial charge in [-0.1, -0.05) is 11.6 Å². The number of carbonyl (C=O) groups excluding carboxylic acids is 1. The minimum absolute atomic E-state index is 0.146. The van der Waals surface area contributed by atoms with Crippen LogP contribution in [0.15, 0.2) is 42.5 Å². The van der Waals surface area contributed by atoms with Crippen LogP contribution >= 0.6 is 23.8 Å². The lowest BCUT2D eigenvalue weighted by atomic mass is 10.2. The zero-order chi connectivity index (χ0) is 19.4. The van der Waals surface area contributed by atoms with Crippen molar-refractivity contribution in [2.75, 3.05) is 43.4 Å². The molecule has 1 amide bonds. The molecule has 2 N–H and O–H groups in total. The van der Waals surface area contributed by atoms with Crippen LogP contribution in [0.1, 0.15) is 10.4 Å². The monoisotopic (exact) mass is 406 g/mol. The average molecular weight is 407 g/mol. The van der Waals surface area contributed by atoms with Crippen molar-refractivity contribution in [1.82, 2.24) is 10.2 Å². The first-order valence-corrected chi connectivity index (χ1v) is 9.32. The molecule has 0 unspecified atom stereocenters. The largest absolute Gasteiger partial charge is 0.368 e. The molecule has 1 aliphatic heterocycles. The highest BCUT2D eigenvalue weighted by molar-refractivity contribution is 7.80. The van der Waals surface area contributed by atoms with Crippen LogP contribution in [0.4, 0.5) is 15.8 Å². The van der Waals surface area contributed by atoms with Crippen LogP contribution in [-0.4, -0.2) is 49.1 Å². The number of likely N-dealkylation sites (N-methyl/N-ethyl adjacent to an activating group) is 1. The summed E-state index contributed by atoms with van der Waals surface area (Å²) in [4.78, 5) is 16.6. The Hall–Kier alpha value is -2.22.